The van der Waals surface area contributed by atoms with Crippen LogP contribution in [0, 0.1) is 5.82 Å². The molecule has 1 amide bonds. The minimum absolute atomic E-state index is 0.0602. The van der Waals surface area contributed by atoms with Crippen LogP contribution in [-0.4, -0.2) is 44.3 Å². The monoisotopic (exact) mass is 389 g/mol. The number of piperidine rings is 1. The lowest BCUT2D eigenvalue weighted by atomic mass is 9.90. The van der Waals surface area contributed by atoms with Gasteiger partial charge in [0.2, 0.25) is 0 Å². The third-order valence-corrected chi connectivity index (χ3v) is 5.61. The molecule has 0 radical (unpaired) electrons. The Morgan fingerprint density at radius 3 is 2.79 bits per heavy atom. The fraction of sp³-hybridized carbons (Fsp3) is 0.227. The van der Waals surface area contributed by atoms with E-state index >= 15 is 0 Å². The number of aromatic nitrogens is 4. The number of fused-ring (bicyclic) bond motifs is 1. The van der Waals surface area contributed by atoms with Crippen molar-refractivity contribution in [2.24, 2.45) is 0 Å². The van der Waals surface area contributed by atoms with Gasteiger partial charge in [-0.15, -0.1) is 0 Å². The van der Waals surface area contributed by atoms with Crippen LogP contribution in [0.4, 0.5) is 4.39 Å². The number of nitrogens with one attached hydrogen (secondary N) is 2. The Hall–Kier alpha value is -3.48. The number of carbonyl (C=O) groups is 1. The van der Waals surface area contributed by atoms with Crippen molar-refractivity contribution in [2.75, 3.05) is 13.1 Å². The average Bonchev–Trinajstić information content (AvgIpc) is 3.41. The Bertz CT molecular complexity index is 1160. The topological polar surface area (TPSA) is 77.7 Å². The number of aromatic amines is 2. The van der Waals surface area contributed by atoms with E-state index in [1.807, 2.05) is 29.2 Å². The highest BCUT2D eigenvalue weighted by Crippen LogP contribution is 2.33. The maximum atomic E-state index is 13.3. The van der Waals surface area contributed by atoms with Gasteiger partial charge in [-0.2, -0.15) is 10.2 Å². The summed E-state index contributed by atoms with van der Waals surface area (Å²) in [5, 5.41) is 15.4. The van der Waals surface area contributed by atoms with E-state index in [1.165, 1.54) is 12.1 Å². The van der Waals surface area contributed by atoms with E-state index in [0.717, 1.165) is 40.6 Å². The number of hydrogen-bond donors (Lipinski definition) is 2. The number of rotatable bonds is 3. The maximum Gasteiger partial charge on any atom is 0.275 e. The van der Waals surface area contributed by atoms with Gasteiger partial charge in [0.1, 0.15) is 5.82 Å². The van der Waals surface area contributed by atoms with Crippen molar-refractivity contribution < 1.29 is 9.18 Å². The molecule has 2 N–H and O–H groups in total. The molecule has 2 aromatic heterocycles. The van der Waals surface area contributed by atoms with E-state index in [9.17, 15) is 9.18 Å². The first-order chi connectivity index (χ1) is 14.2. The van der Waals surface area contributed by atoms with Crippen LogP contribution in [0.5, 0.6) is 0 Å². The standard InChI is InChI=1S/C22H20FN5O/c23-16-9-7-14(8-10-16)18-12-24-26-20(18)15-4-3-11-28(13-15)22(29)21-17-5-1-2-6-19(17)25-27-21/h1-2,5-10,12,15H,3-4,11,13H2,(H,24,26)(H,25,27). The molecular weight excluding hydrogens is 369 g/mol. The van der Waals surface area contributed by atoms with Crippen LogP contribution in [0.1, 0.15) is 34.9 Å². The predicted octanol–water partition coefficient (Wildman–Crippen LogP) is 4.11. The second-order valence-corrected chi connectivity index (χ2v) is 7.41. The van der Waals surface area contributed by atoms with Crippen LogP contribution in [0.2, 0.25) is 0 Å². The van der Waals surface area contributed by atoms with Crippen LogP contribution < -0.4 is 0 Å². The van der Waals surface area contributed by atoms with Gasteiger partial charge < -0.3 is 4.90 Å². The molecule has 0 aliphatic carbocycles. The van der Waals surface area contributed by atoms with Crippen molar-refractivity contribution in [1.82, 2.24) is 25.3 Å². The molecule has 1 atom stereocenters. The summed E-state index contributed by atoms with van der Waals surface area (Å²) in [5.74, 6) is -0.185. The Labute approximate surface area is 166 Å². The third-order valence-electron chi connectivity index (χ3n) is 5.61. The molecule has 6 nitrogen and oxygen atoms in total. The second kappa shape index (κ2) is 7.16. The number of carbonyl (C=O) groups excluding carboxylic acids is 1. The molecule has 1 aliphatic heterocycles. The van der Waals surface area contributed by atoms with E-state index in [1.54, 1.807) is 18.3 Å². The fourth-order valence-electron chi connectivity index (χ4n) is 4.14. The quantitative estimate of drug-likeness (QED) is 0.553. The molecule has 0 saturated carbocycles. The second-order valence-electron chi connectivity index (χ2n) is 7.41. The summed E-state index contributed by atoms with van der Waals surface area (Å²) >= 11 is 0. The van der Waals surface area contributed by atoms with E-state index in [0.29, 0.717) is 18.8 Å². The number of halogens is 1. The number of benzene rings is 2. The lowest BCUT2D eigenvalue weighted by Crippen LogP contribution is -2.39. The van der Waals surface area contributed by atoms with Gasteiger partial charge in [0.25, 0.3) is 5.91 Å². The van der Waals surface area contributed by atoms with Crippen LogP contribution >= 0.6 is 0 Å². The molecule has 0 bridgehead atoms. The maximum absolute atomic E-state index is 13.3. The molecule has 29 heavy (non-hydrogen) atoms. The molecule has 7 heteroatoms. The van der Waals surface area contributed by atoms with Crippen molar-refractivity contribution in [3.8, 4) is 11.1 Å². The first-order valence-corrected chi connectivity index (χ1v) is 9.72. The van der Waals surface area contributed by atoms with E-state index in [-0.39, 0.29) is 17.6 Å². The average molecular weight is 389 g/mol. The molecule has 1 aliphatic rings. The van der Waals surface area contributed by atoms with E-state index in [4.69, 9.17) is 0 Å². The lowest BCUT2D eigenvalue weighted by molar-refractivity contribution is 0.0702. The third kappa shape index (κ3) is 3.18. The first-order valence-electron chi connectivity index (χ1n) is 9.72. The van der Waals surface area contributed by atoms with Gasteiger partial charge in [-0.3, -0.25) is 15.0 Å². The van der Waals surface area contributed by atoms with Gasteiger partial charge in [-0.05, 0) is 36.6 Å². The van der Waals surface area contributed by atoms with Crippen LogP contribution in [0.3, 0.4) is 0 Å². The van der Waals surface area contributed by atoms with Crippen LogP contribution in [0.25, 0.3) is 22.0 Å². The number of hydrogen-bond acceptors (Lipinski definition) is 3. The predicted molar refractivity (Wildman–Crippen MR) is 108 cm³/mol. The molecule has 146 valence electrons. The first kappa shape index (κ1) is 17.6. The van der Waals surface area contributed by atoms with Gasteiger partial charge in [-0.25, -0.2) is 4.39 Å². The molecule has 0 spiro atoms. The van der Waals surface area contributed by atoms with E-state index < -0.39 is 0 Å². The van der Waals surface area contributed by atoms with Gasteiger partial charge in [0.15, 0.2) is 5.69 Å². The molecule has 5 rings (SSSR count). The van der Waals surface area contributed by atoms with Crippen molar-refractivity contribution in [3.05, 3.63) is 71.9 Å². The minimum Gasteiger partial charge on any atom is -0.337 e. The zero-order valence-corrected chi connectivity index (χ0v) is 15.7. The zero-order chi connectivity index (χ0) is 19.8. The highest BCUT2D eigenvalue weighted by molar-refractivity contribution is 6.04. The van der Waals surface area contributed by atoms with Gasteiger partial charge in [-0.1, -0.05) is 30.3 Å². The fourth-order valence-corrected chi connectivity index (χ4v) is 4.14. The molecule has 4 aromatic rings. The summed E-state index contributed by atoms with van der Waals surface area (Å²) in [5.41, 5.74) is 4.17. The lowest BCUT2D eigenvalue weighted by Gasteiger charge is -2.32. The number of likely N-dealkylation sites (tertiary alicyclic amines) is 1. The Kier molecular flexibility index (Phi) is 4.35. The van der Waals surface area contributed by atoms with Crippen molar-refractivity contribution in [3.63, 3.8) is 0 Å². The molecule has 1 fully saturated rings. The molecular formula is C22H20FN5O. The number of para-hydroxylation sites is 1. The minimum atomic E-state index is -0.264. The molecule has 1 unspecified atom stereocenters. The van der Waals surface area contributed by atoms with Gasteiger partial charge in [0.05, 0.1) is 11.7 Å². The number of H-pyrrole nitrogens is 2. The van der Waals surface area contributed by atoms with Crippen molar-refractivity contribution >= 4 is 16.8 Å². The summed E-state index contributed by atoms with van der Waals surface area (Å²) in [6.45, 7) is 1.30. The zero-order valence-electron chi connectivity index (χ0n) is 15.7. The smallest absolute Gasteiger partial charge is 0.275 e. The molecule has 1 saturated heterocycles. The highest BCUT2D eigenvalue weighted by atomic mass is 19.1. The summed E-state index contributed by atoms with van der Waals surface area (Å²) in [4.78, 5) is 15.0. The van der Waals surface area contributed by atoms with Crippen LogP contribution in [-0.2, 0) is 0 Å². The summed E-state index contributed by atoms with van der Waals surface area (Å²) in [6.07, 6.45) is 3.63. The molecule has 2 aromatic carbocycles. The van der Waals surface area contributed by atoms with Gasteiger partial charge >= 0.3 is 0 Å². The van der Waals surface area contributed by atoms with Crippen molar-refractivity contribution in [1.29, 1.82) is 0 Å². The summed E-state index contributed by atoms with van der Waals surface area (Å²) in [6, 6.07) is 14.1. The number of amides is 1. The SMILES string of the molecule is O=C(c1n[nH]c2ccccc12)N1CCCC(c2[nH]ncc2-c2ccc(F)cc2)C1. The summed E-state index contributed by atoms with van der Waals surface area (Å²) < 4.78 is 13.3. The van der Waals surface area contributed by atoms with Gasteiger partial charge in [0, 0.05) is 35.7 Å². The Morgan fingerprint density at radius 1 is 1.10 bits per heavy atom. The largest absolute Gasteiger partial charge is 0.337 e. The van der Waals surface area contributed by atoms with E-state index in [2.05, 4.69) is 20.4 Å². The van der Waals surface area contributed by atoms with Crippen LogP contribution in [0.15, 0.2) is 54.7 Å². The normalized spacial score (nSPS) is 17.0. The Morgan fingerprint density at radius 2 is 1.93 bits per heavy atom. The van der Waals surface area contributed by atoms with Crippen molar-refractivity contribution in [2.45, 2.75) is 18.8 Å². The Balaban J connectivity index is 1.41. The number of nitrogens with zero attached hydrogens (tertiary/aromatic N) is 3. The summed E-state index contributed by atoms with van der Waals surface area (Å²) in [7, 11) is 0. The molecule has 3 heterocycles. The highest BCUT2D eigenvalue weighted by Gasteiger charge is 2.29.